The third-order valence-electron chi connectivity index (χ3n) is 4.24. The number of pyridine rings is 1. The van der Waals surface area contributed by atoms with Gasteiger partial charge < -0.3 is 10.6 Å². The van der Waals surface area contributed by atoms with E-state index in [-0.39, 0.29) is 18.0 Å². The molecule has 1 aliphatic heterocycles. The van der Waals surface area contributed by atoms with E-state index in [0.29, 0.717) is 0 Å². The van der Waals surface area contributed by atoms with Crippen LogP contribution in [0.1, 0.15) is 38.4 Å². The van der Waals surface area contributed by atoms with Crippen LogP contribution in [0.3, 0.4) is 0 Å². The summed E-state index contributed by atoms with van der Waals surface area (Å²) in [6.07, 6.45) is 3.72. The van der Waals surface area contributed by atoms with Crippen LogP contribution in [0.25, 0.3) is 0 Å². The van der Waals surface area contributed by atoms with Crippen molar-refractivity contribution < 1.29 is 4.79 Å². The summed E-state index contributed by atoms with van der Waals surface area (Å²) in [6, 6.07) is 6.18. The predicted molar refractivity (Wildman–Crippen MR) is 83.7 cm³/mol. The van der Waals surface area contributed by atoms with Gasteiger partial charge in [0.25, 0.3) is 0 Å². The number of nitrogens with zero attached hydrogens (tertiary/aromatic N) is 3. The van der Waals surface area contributed by atoms with Gasteiger partial charge in [0.1, 0.15) is 0 Å². The highest BCUT2D eigenvalue weighted by Crippen LogP contribution is 2.24. The summed E-state index contributed by atoms with van der Waals surface area (Å²) in [5, 5.41) is 0. The summed E-state index contributed by atoms with van der Waals surface area (Å²) in [7, 11) is 0. The van der Waals surface area contributed by atoms with Crippen molar-refractivity contribution in [2.45, 2.75) is 38.8 Å². The molecule has 0 aliphatic carbocycles. The number of amides is 1. The molecule has 21 heavy (non-hydrogen) atoms. The molecule has 1 saturated heterocycles. The average molecular weight is 290 g/mol. The molecule has 116 valence electrons. The molecule has 1 aromatic rings. The van der Waals surface area contributed by atoms with Gasteiger partial charge in [-0.15, -0.1) is 0 Å². The maximum atomic E-state index is 11.6. The second kappa shape index (κ2) is 7.52. The SMILES string of the molecule is CCC(N)C(c1ccccn1)N1CCCN(C(C)=O)CC1. The number of hydrogen-bond acceptors (Lipinski definition) is 4. The van der Waals surface area contributed by atoms with Gasteiger partial charge in [0.2, 0.25) is 5.91 Å². The first-order valence-electron chi connectivity index (χ1n) is 7.79. The van der Waals surface area contributed by atoms with Gasteiger partial charge >= 0.3 is 0 Å². The number of aromatic nitrogens is 1. The van der Waals surface area contributed by atoms with E-state index in [1.807, 2.05) is 29.3 Å². The van der Waals surface area contributed by atoms with E-state index in [1.165, 1.54) is 0 Å². The Morgan fingerprint density at radius 1 is 1.33 bits per heavy atom. The maximum absolute atomic E-state index is 11.6. The van der Waals surface area contributed by atoms with Gasteiger partial charge in [-0.2, -0.15) is 0 Å². The largest absolute Gasteiger partial charge is 0.342 e. The fourth-order valence-electron chi connectivity index (χ4n) is 2.98. The highest BCUT2D eigenvalue weighted by Gasteiger charge is 2.28. The van der Waals surface area contributed by atoms with Gasteiger partial charge in [-0.3, -0.25) is 14.7 Å². The van der Waals surface area contributed by atoms with Crippen molar-refractivity contribution in [2.75, 3.05) is 26.2 Å². The third-order valence-corrected chi connectivity index (χ3v) is 4.24. The molecular formula is C16H26N4O. The van der Waals surface area contributed by atoms with Crippen molar-refractivity contribution in [3.8, 4) is 0 Å². The van der Waals surface area contributed by atoms with Crippen molar-refractivity contribution in [1.29, 1.82) is 0 Å². The molecule has 2 unspecified atom stereocenters. The Morgan fingerprint density at radius 2 is 2.14 bits per heavy atom. The first kappa shape index (κ1) is 15.9. The lowest BCUT2D eigenvalue weighted by Crippen LogP contribution is -2.43. The van der Waals surface area contributed by atoms with Crippen LogP contribution in [0, 0.1) is 0 Å². The van der Waals surface area contributed by atoms with Gasteiger partial charge in [-0.1, -0.05) is 13.0 Å². The Bertz CT molecular complexity index is 451. The molecule has 2 atom stereocenters. The van der Waals surface area contributed by atoms with E-state index in [0.717, 1.165) is 44.7 Å². The van der Waals surface area contributed by atoms with Crippen LogP contribution in [0.5, 0.6) is 0 Å². The normalized spacial score (nSPS) is 19.9. The summed E-state index contributed by atoms with van der Waals surface area (Å²) in [4.78, 5) is 20.4. The Balaban J connectivity index is 2.16. The second-order valence-electron chi connectivity index (χ2n) is 5.67. The van der Waals surface area contributed by atoms with Crippen LogP contribution < -0.4 is 5.73 Å². The molecule has 5 heteroatoms. The molecule has 1 aliphatic rings. The molecule has 2 N–H and O–H groups in total. The van der Waals surface area contributed by atoms with E-state index in [4.69, 9.17) is 5.73 Å². The van der Waals surface area contributed by atoms with Gasteiger partial charge in [-0.05, 0) is 25.0 Å². The first-order valence-corrected chi connectivity index (χ1v) is 7.79. The summed E-state index contributed by atoms with van der Waals surface area (Å²) >= 11 is 0. The summed E-state index contributed by atoms with van der Waals surface area (Å²) in [5.74, 6) is 0.158. The highest BCUT2D eigenvalue weighted by molar-refractivity contribution is 5.73. The van der Waals surface area contributed by atoms with Crippen LogP contribution in [0.4, 0.5) is 0 Å². The standard InChI is InChI=1S/C16H26N4O/c1-3-14(17)16(15-7-4-5-8-18-15)20-10-6-9-19(11-12-20)13(2)21/h4-5,7-8,14,16H,3,6,9-12,17H2,1-2H3. The second-order valence-corrected chi connectivity index (χ2v) is 5.67. The lowest BCUT2D eigenvalue weighted by molar-refractivity contribution is -0.128. The van der Waals surface area contributed by atoms with E-state index in [1.54, 1.807) is 6.92 Å². The van der Waals surface area contributed by atoms with Crippen molar-refractivity contribution in [3.63, 3.8) is 0 Å². The molecule has 0 saturated carbocycles. The lowest BCUT2D eigenvalue weighted by Gasteiger charge is -2.34. The highest BCUT2D eigenvalue weighted by atomic mass is 16.2. The maximum Gasteiger partial charge on any atom is 0.219 e. The molecule has 5 nitrogen and oxygen atoms in total. The van der Waals surface area contributed by atoms with Crippen LogP contribution in [0.2, 0.25) is 0 Å². The van der Waals surface area contributed by atoms with Crippen molar-refractivity contribution in [3.05, 3.63) is 30.1 Å². The van der Waals surface area contributed by atoms with Gasteiger partial charge in [0.15, 0.2) is 0 Å². The van der Waals surface area contributed by atoms with Crippen molar-refractivity contribution in [2.24, 2.45) is 5.73 Å². The fourth-order valence-corrected chi connectivity index (χ4v) is 2.98. The van der Waals surface area contributed by atoms with Crippen LogP contribution in [0.15, 0.2) is 24.4 Å². The molecule has 2 heterocycles. The van der Waals surface area contributed by atoms with Crippen LogP contribution >= 0.6 is 0 Å². The van der Waals surface area contributed by atoms with Gasteiger partial charge in [0.05, 0.1) is 11.7 Å². The van der Waals surface area contributed by atoms with Crippen molar-refractivity contribution >= 4 is 5.91 Å². The number of hydrogen-bond donors (Lipinski definition) is 1. The minimum atomic E-state index is 0.0591. The number of rotatable bonds is 4. The Kier molecular flexibility index (Phi) is 5.70. The molecule has 1 amide bonds. The number of carbonyl (C=O) groups is 1. The van der Waals surface area contributed by atoms with Crippen molar-refractivity contribution in [1.82, 2.24) is 14.8 Å². The average Bonchev–Trinajstić information content (AvgIpc) is 2.74. The molecule has 0 aromatic carbocycles. The smallest absolute Gasteiger partial charge is 0.219 e. The number of nitrogens with two attached hydrogens (primary N) is 1. The Hall–Kier alpha value is -1.46. The molecule has 0 bridgehead atoms. The Labute approximate surface area is 127 Å². The monoisotopic (exact) mass is 290 g/mol. The summed E-state index contributed by atoms with van der Waals surface area (Å²) < 4.78 is 0. The quantitative estimate of drug-likeness (QED) is 0.911. The minimum Gasteiger partial charge on any atom is -0.342 e. The molecule has 0 spiro atoms. The molecule has 1 fully saturated rings. The van der Waals surface area contributed by atoms with Gasteiger partial charge in [-0.25, -0.2) is 0 Å². The van der Waals surface area contributed by atoms with E-state index in [9.17, 15) is 4.79 Å². The zero-order valence-corrected chi connectivity index (χ0v) is 13.0. The fraction of sp³-hybridized carbons (Fsp3) is 0.625. The molecule has 0 radical (unpaired) electrons. The minimum absolute atomic E-state index is 0.0591. The lowest BCUT2D eigenvalue weighted by atomic mass is 10.0. The summed E-state index contributed by atoms with van der Waals surface area (Å²) in [6.45, 7) is 7.18. The third kappa shape index (κ3) is 4.02. The van der Waals surface area contributed by atoms with E-state index >= 15 is 0 Å². The topological polar surface area (TPSA) is 62.5 Å². The molecule has 2 rings (SSSR count). The van der Waals surface area contributed by atoms with Gasteiger partial charge in [0, 0.05) is 45.3 Å². The van der Waals surface area contributed by atoms with Crippen LogP contribution in [-0.4, -0.2) is 52.9 Å². The predicted octanol–water partition coefficient (Wildman–Crippen LogP) is 1.41. The zero-order chi connectivity index (χ0) is 15.2. The van der Waals surface area contributed by atoms with E-state index < -0.39 is 0 Å². The van der Waals surface area contributed by atoms with Crippen LogP contribution in [-0.2, 0) is 4.79 Å². The summed E-state index contributed by atoms with van der Waals surface area (Å²) in [5.41, 5.74) is 7.39. The zero-order valence-electron chi connectivity index (χ0n) is 13.0. The first-order chi connectivity index (χ1) is 10.1. The van der Waals surface area contributed by atoms with E-state index in [2.05, 4.69) is 16.8 Å². The molecular weight excluding hydrogens is 264 g/mol. The molecule has 1 aromatic heterocycles. The number of carbonyl (C=O) groups excluding carboxylic acids is 1. The Morgan fingerprint density at radius 3 is 2.76 bits per heavy atom.